The zero-order valence-electron chi connectivity index (χ0n) is 12.2. The van der Waals surface area contributed by atoms with Crippen LogP contribution in [0, 0.1) is 18.8 Å². The minimum Gasteiger partial charge on any atom is -0.481 e. The quantitative estimate of drug-likeness (QED) is 0.658. The largest absolute Gasteiger partial charge is 0.481 e. The number of hydrogen-bond acceptors (Lipinski definition) is 5. The topological polar surface area (TPSA) is 116 Å². The first-order valence-corrected chi connectivity index (χ1v) is 8.83. The summed E-state index contributed by atoms with van der Waals surface area (Å²) in [6.45, 7) is 5.45. The van der Waals surface area contributed by atoms with Gasteiger partial charge < -0.3 is 10.1 Å². The molecule has 1 rings (SSSR count). The monoisotopic (exact) mass is 336 g/mol. The molecule has 0 aliphatic carbocycles. The summed E-state index contributed by atoms with van der Waals surface area (Å²) in [5.74, 6) is -0.973. The second-order valence-corrected chi connectivity index (χ2v) is 8.32. The highest BCUT2D eigenvalue weighted by Crippen LogP contribution is 2.18. The van der Waals surface area contributed by atoms with E-state index < -0.39 is 20.9 Å². The molecule has 0 spiro atoms. The first-order chi connectivity index (χ1) is 9.61. The Morgan fingerprint density at radius 2 is 2.05 bits per heavy atom. The molecular formula is C12H20N2O5S2. The summed E-state index contributed by atoms with van der Waals surface area (Å²) in [5, 5.41) is 8.87. The van der Waals surface area contributed by atoms with Crippen molar-refractivity contribution in [3.05, 3.63) is 15.4 Å². The van der Waals surface area contributed by atoms with Crippen molar-refractivity contribution in [1.82, 2.24) is 9.71 Å². The third kappa shape index (κ3) is 5.60. The zero-order chi connectivity index (χ0) is 16.2. The number of aryl methyl sites for hydroxylation is 1. The molecule has 0 saturated heterocycles. The molecule has 1 aromatic rings. The third-order valence-electron chi connectivity index (χ3n) is 2.86. The van der Waals surface area contributed by atoms with E-state index in [1.165, 1.54) is 6.92 Å². The van der Waals surface area contributed by atoms with Gasteiger partial charge in [-0.1, -0.05) is 25.2 Å². The van der Waals surface area contributed by atoms with Gasteiger partial charge in [0.25, 0.3) is 10.0 Å². The smallest absolute Gasteiger partial charge is 0.305 e. The van der Waals surface area contributed by atoms with Crippen LogP contribution >= 0.6 is 11.3 Å². The van der Waals surface area contributed by atoms with Gasteiger partial charge in [-0.3, -0.25) is 9.59 Å². The van der Waals surface area contributed by atoms with E-state index in [2.05, 4.69) is 9.71 Å². The standard InChI is InChI=1S/C12H20N2O5S2/c1-7(2)4-9(5-10(15)16)6-13-21(18,19)11-8(3)14-12(17)20-11/h7,9,13H,4-6H2,1-3H3,(H,14,17)(H,15,16)/t9-/m0/s1. The average molecular weight is 336 g/mol. The Hall–Kier alpha value is -1.19. The lowest BCUT2D eigenvalue weighted by Crippen LogP contribution is -2.31. The van der Waals surface area contributed by atoms with Crippen molar-refractivity contribution in [1.29, 1.82) is 0 Å². The molecule has 0 aromatic carbocycles. The van der Waals surface area contributed by atoms with E-state index in [9.17, 15) is 18.0 Å². The molecule has 0 fully saturated rings. The van der Waals surface area contributed by atoms with Crippen LogP contribution in [0.4, 0.5) is 0 Å². The van der Waals surface area contributed by atoms with Crippen LogP contribution in [-0.2, 0) is 14.8 Å². The summed E-state index contributed by atoms with van der Waals surface area (Å²) in [4.78, 5) is 24.0. The Morgan fingerprint density at radius 1 is 1.43 bits per heavy atom. The van der Waals surface area contributed by atoms with Crippen LogP contribution in [0.2, 0.25) is 0 Å². The van der Waals surface area contributed by atoms with Gasteiger partial charge in [-0.2, -0.15) is 0 Å². The SMILES string of the molecule is Cc1[nH]c(=O)sc1S(=O)(=O)NC[C@H](CC(=O)O)CC(C)C. The number of aromatic nitrogens is 1. The molecule has 1 aromatic heterocycles. The normalized spacial score (nSPS) is 13.5. The molecule has 7 nitrogen and oxygen atoms in total. The van der Waals surface area contributed by atoms with Gasteiger partial charge in [0.05, 0.1) is 0 Å². The van der Waals surface area contributed by atoms with Crippen molar-refractivity contribution in [3.8, 4) is 0 Å². The maximum Gasteiger partial charge on any atom is 0.305 e. The van der Waals surface area contributed by atoms with Crippen molar-refractivity contribution >= 4 is 27.3 Å². The summed E-state index contributed by atoms with van der Waals surface area (Å²) in [5.41, 5.74) is 0.288. The maximum atomic E-state index is 12.1. The highest BCUT2D eigenvalue weighted by molar-refractivity contribution is 7.91. The molecule has 0 saturated carbocycles. The van der Waals surface area contributed by atoms with Crippen LogP contribution in [0.25, 0.3) is 0 Å². The Morgan fingerprint density at radius 3 is 2.48 bits per heavy atom. The Labute approximate surface area is 127 Å². The van der Waals surface area contributed by atoms with E-state index in [1.54, 1.807) is 0 Å². The van der Waals surface area contributed by atoms with Crippen molar-refractivity contribution < 1.29 is 18.3 Å². The predicted molar refractivity (Wildman–Crippen MR) is 80.1 cm³/mol. The number of carboxylic acids is 1. The highest BCUT2D eigenvalue weighted by atomic mass is 32.2. The molecule has 1 heterocycles. The molecule has 0 aliphatic heterocycles. The number of aromatic amines is 1. The number of sulfonamides is 1. The molecule has 1 atom stereocenters. The van der Waals surface area contributed by atoms with Gasteiger partial charge in [0.2, 0.25) is 0 Å². The number of aliphatic carboxylic acids is 1. The number of carbonyl (C=O) groups is 1. The molecule has 0 bridgehead atoms. The van der Waals surface area contributed by atoms with E-state index in [1.807, 2.05) is 13.8 Å². The van der Waals surface area contributed by atoms with Gasteiger partial charge in [-0.05, 0) is 25.2 Å². The molecule has 0 aliphatic rings. The van der Waals surface area contributed by atoms with Gasteiger partial charge in [-0.15, -0.1) is 0 Å². The lowest BCUT2D eigenvalue weighted by molar-refractivity contribution is -0.138. The van der Waals surface area contributed by atoms with Gasteiger partial charge in [-0.25, -0.2) is 13.1 Å². The molecule has 21 heavy (non-hydrogen) atoms. The summed E-state index contributed by atoms with van der Waals surface area (Å²) in [6.07, 6.45) is 0.514. The van der Waals surface area contributed by atoms with Gasteiger partial charge in [0, 0.05) is 18.7 Å². The van der Waals surface area contributed by atoms with Crippen molar-refractivity contribution in [3.63, 3.8) is 0 Å². The van der Waals surface area contributed by atoms with Crippen LogP contribution in [0.15, 0.2) is 9.00 Å². The second-order valence-electron chi connectivity index (χ2n) is 5.37. The number of carboxylic acid groups (broad SMARTS) is 1. The fourth-order valence-electron chi connectivity index (χ4n) is 2.09. The van der Waals surface area contributed by atoms with E-state index in [0.717, 1.165) is 0 Å². The fraction of sp³-hybridized carbons (Fsp3) is 0.667. The average Bonchev–Trinajstić information content (AvgIpc) is 2.65. The Bertz CT molecular complexity index is 645. The fourth-order valence-corrected chi connectivity index (χ4v) is 4.55. The van der Waals surface area contributed by atoms with E-state index in [-0.39, 0.29) is 34.7 Å². The minimum absolute atomic E-state index is 0.0400. The molecule has 3 N–H and O–H groups in total. The van der Waals surface area contributed by atoms with E-state index >= 15 is 0 Å². The van der Waals surface area contributed by atoms with Crippen LogP contribution in [0.5, 0.6) is 0 Å². The second kappa shape index (κ2) is 7.19. The molecule has 0 radical (unpaired) electrons. The van der Waals surface area contributed by atoms with Gasteiger partial charge in [0.1, 0.15) is 0 Å². The molecule has 9 heteroatoms. The number of H-pyrrole nitrogens is 1. The van der Waals surface area contributed by atoms with Crippen LogP contribution in [0.1, 0.15) is 32.4 Å². The summed E-state index contributed by atoms with van der Waals surface area (Å²) >= 11 is 0.623. The first kappa shape index (κ1) is 17.9. The van der Waals surface area contributed by atoms with E-state index in [4.69, 9.17) is 5.11 Å². The predicted octanol–water partition coefficient (Wildman–Crippen LogP) is 1.16. The van der Waals surface area contributed by atoms with Crippen molar-refractivity contribution in [2.24, 2.45) is 11.8 Å². The van der Waals surface area contributed by atoms with Crippen LogP contribution in [-0.4, -0.2) is 31.0 Å². The summed E-state index contributed by atoms with van der Waals surface area (Å²) < 4.78 is 26.6. The zero-order valence-corrected chi connectivity index (χ0v) is 13.8. The van der Waals surface area contributed by atoms with Crippen molar-refractivity contribution in [2.75, 3.05) is 6.54 Å². The molecule has 0 unspecified atom stereocenters. The number of hydrogen-bond donors (Lipinski definition) is 3. The molecule has 0 amide bonds. The summed E-state index contributed by atoms with van der Waals surface area (Å²) in [7, 11) is -3.79. The Kier molecular flexibility index (Phi) is 6.11. The maximum absolute atomic E-state index is 12.1. The van der Waals surface area contributed by atoms with Crippen LogP contribution in [0.3, 0.4) is 0 Å². The molecular weight excluding hydrogens is 316 g/mol. The van der Waals surface area contributed by atoms with Crippen molar-refractivity contribution in [2.45, 2.75) is 37.8 Å². The minimum atomic E-state index is -3.79. The third-order valence-corrected chi connectivity index (χ3v) is 5.88. The Balaban J connectivity index is 2.80. The number of thiazole rings is 1. The molecule has 120 valence electrons. The lowest BCUT2D eigenvalue weighted by Gasteiger charge is -2.17. The van der Waals surface area contributed by atoms with Gasteiger partial charge in [0.15, 0.2) is 4.21 Å². The number of rotatable bonds is 8. The van der Waals surface area contributed by atoms with E-state index in [0.29, 0.717) is 17.8 Å². The van der Waals surface area contributed by atoms with Gasteiger partial charge >= 0.3 is 10.8 Å². The summed E-state index contributed by atoms with van der Waals surface area (Å²) in [6, 6.07) is 0. The highest BCUT2D eigenvalue weighted by Gasteiger charge is 2.23. The van der Waals surface area contributed by atoms with Crippen LogP contribution < -0.4 is 9.60 Å². The number of nitrogens with one attached hydrogen (secondary N) is 2. The first-order valence-electron chi connectivity index (χ1n) is 6.53. The lowest BCUT2D eigenvalue weighted by atomic mass is 9.94.